The van der Waals surface area contributed by atoms with E-state index in [1.54, 1.807) is 24.3 Å². The number of benzene rings is 2. The summed E-state index contributed by atoms with van der Waals surface area (Å²) in [5, 5.41) is 3.10. The normalized spacial score (nSPS) is 19.5. The van der Waals surface area contributed by atoms with E-state index in [1.165, 1.54) is 5.56 Å². The van der Waals surface area contributed by atoms with Crippen molar-refractivity contribution in [3.63, 3.8) is 0 Å². The molecule has 0 bridgehead atoms. The van der Waals surface area contributed by atoms with Crippen LogP contribution in [0.25, 0.3) is 0 Å². The minimum atomic E-state index is -0.104. The van der Waals surface area contributed by atoms with Crippen molar-refractivity contribution in [1.82, 2.24) is 10.2 Å². The Morgan fingerprint density at radius 3 is 2.48 bits per heavy atom. The Labute approximate surface area is 173 Å². The van der Waals surface area contributed by atoms with Gasteiger partial charge in [0.15, 0.2) is 12.4 Å². The number of piperidine rings is 1. The number of carbonyl (C=O) groups is 2. The molecule has 5 nitrogen and oxygen atoms in total. The number of hydrogen-bond acceptors (Lipinski definition) is 4. The second kappa shape index (κ2) is 10.2. The molecule has 2 aromatic carbocycles. The van der Waals surface area contributed by atoms with Gasteiger partial charge in [-0.1, -0.05) is 37.3 Å². The smallest absolute Gasteiger partial charge is 0.258 e. The van der Waals surface area contributed by atoms with Gasteiger partial charge in [0.1, 0.15) is 5.75 Å². The molecule has 1 N–H and O–H groups in total. The minimum Gasteiger partial charge on any atom is -0.484 e. The van der Waals surface area contributed by atoms with Crippen LogP contribution in [0.1, 0.15) is 49.0 Å². The van der Waals surface area contributed by atoms with E-state index >= 15 is 0 Å². The summed E-state index contributed by atoms with van der Waals surface area (Å²) in [7, 11) is 0. The van der Waals surface area contributed by atoms with Crippen molar-refractivity contribution < 1.29 is 14.3 Å². The highest BCUT2D eigenvalue weighted by Gasteiger charge is 2.26. The summed E-state index contributed by atoms with van der Waals surface area (Å²) < 4.78 is 5.57. The number of nitrogens with zero attached hydrogens (tertiary/aromatic N) is 1. The second-order valence-corrected chi connectivity index (χ2v) is 7.68. The first-order valence-corrected chi connectivity index (χ1v) is 10.4. The summed E-state index contributed by atoms with van der Waals surface area (Å²) in [6.45, 7) is 5.96. The number of hydrogen-bond donors (Lipinski definition) is 1. The molecule has 1 amide bonds. The second-order valence-electron chi connectivity index (χ2n) is 7.68. The molecular weight excluding hydrogens is 364 g/mol. The van der Waals surface area contributed by atoms with Crippen LogP contribution in [0.15, 0.2) is 54.6 Å². The molecule has 2 atom stereocenters. The lowest BCUT2D eigenvalue weighted by Crippen LogP contribution is -2.49. The van der Waals surface area contributed by atoms with E-state index in [0.29, 0.717) is 23.8 Å². The maximum absolute atomic E-state index is 12.3. The number of ether oxygens (including phenoxy) is 1. The average molecular weight is 395 g/mol. The largest absolute Gasteiger partial charge is 0.484 e. The Morgan fingerprint density at radius 2 is 1.83 bits per heavy atom. The van der Waals surface area contributed by atoms with Gasteiger partial charge in [-0.05, 0) is 49.6 Å². The van der Waals surface area contributed by atoms with Crippen molar-refractivity contribution in [3.8, 4) is 5.75 Å². The van der Waals surface area contributed by atoms with Gasteiger partial charge in [-0.2, -0.15) is 0 Å². The molecule has 1 fully saturated rings. The van der Waals surface area contributed by atoms with E-state index in [4.69, 9.17) is 4.74 Å². The fourth-order valence-electron chi connectivity index (χ4n) is 3.76. The molecule has 0 radical (unpaired) electrons. The lowest BCUT2D eigenvalue weighted by molar-refractivity contribution is -0.124. The minimum absolute atomic E-state index is 0.0142. The first-order valence-electron chi connectivity index (χ1n) is 10.4. The van der Waals surface area contributed by atoms with Gasteiger partial charge >= 0.3 is 0 Å². The number of carbonyl (C=O) groups excluding carboxylic acids is 2. The summed E-state index contributed by atoms with van der Waals surface area (Å²) >= 11 is 0. The highest BCUT2D eigenvalue weighted by Crippen LogP contribution is 2.20. The summed E-state index contributed by atoms with van der Waals surface area (Å²) in [5.41, 5.74) is 1.99. The number of nitrogens with one attached hydrogen (secondary N) is 1. The Hall–Kier alpha value is -2.66. The molecule has 0 saturated carbocycles. The van der Waals surface area contributed by atoms with Crippen LogP contribution in [0, 0.1) is 0 Å². The van der Waals surface area contributed by atoms with Crippen molar-refractivity contribution >= 4 is 11.7 Å². The van der Waals surface area contributed by atoms with E-state index in [9.17, 15) is 9.59 Å². The van der Waals surface area contributed by atoms with Crippen molar-refractivity contribution in [2.45, 2.75) is 51.7 Å². The lowest BCUT2D eigenvalue weighted by atomic mass is 9.97. The molecule has 1 heterocycles. The van der Waals surface area contributed by atoms with Crippen molar-refractivity contribution in [2.75, 3.05) is 13.2 Å². The topological polar surface area (TPSA) is 58.6 Å². The summed E-state index contributed by atoms with van der Waals surface area (Å²) in [5.74, 6) is 0.591. The summed E-state index contributed by atoms with van der Waals surface area (Å²) in [6.07, 6.45) is 2.36. The Balaban J connectivity index is 1.41. The van der Waals surface area contributed by atoms with Crippen molar-refractivity contribution in [1.29, 1.82) is 0 Å². The van der Waals surface area contributed by atoms with Gasteiger partial charge in [-0.25, -0.2) is 0 Å². The van der Waals surface area contributed by atoms with Crippen LogP contribution in [0.3, 0.4) is 0 Å². The van der Waals surface area contributed by atoms with Gasteiger partial charge in [0.05, 0.1) is 0 Å². The van der Waals surface area contributed by atoms with Gasteiger partial charge < -0.3 is 10.1 Å². The molecule has 1 aliphatic rings. The number of ketones is 1. The molecule has 0 aliphatic carbocycles. The third-order valence-electron chi connectivity index (χ3n) is 5.47. The maximum atomic E-state index is 12.3. The molecule has 0 spiro atoms. The summed E-state index contributed by atoms with van der Waals surface area (Å²) in [6, 6.07) is 18.0. The zero-order valence-electron chi connectivity index (χ0n) is 17.3. The summed E-state index contributed by atoms with van der Waals surface area (Å²) in [4.78, 5) is 26.4. The molecule has 1 aliphatic heterocycles. The van der Waals surface area contributed by atoms with Crippen LogP contribution >= 0.6 is 0 Å². The van der Waals surface area contributed by atoms with Crippen molar-refractivity contribution in [3.05, 3.63) is 65.7 Å². The predicted octanol–water partition coefficient (Wildman–Crippen LogP) is 3.83. The molecule has 2 aromatic rings. The standard InChI is InChI=1S/C24H30N2O3/c1-3-23(27)20-9-11-22(12-10-20)29-17-24(28)25-21-13-14-26(18(2)15-21)16-19-7-5-4-6-8-19/h4-12,18,21H,3,13-17H2,1-2H3,(H,25,28)/t18-,21+/m0/s1. The molecular formula is C24H30N2O3. The van der Waals surface area contributed by atoms with E-state index in [0.717, 1.165) is 25.9 Å². The van der Waals surface area contributed by atoms with Crippen LogP contribution in [0.4, 0.5) is 0 Å². The predicted molar refractivity (Wildman–Crippen MR) is 114 cm³/mol. The van der Waals surface area contributed by atoms with Gasteiger partial charge in [-0.3, -0.25) is 14.5 Å². The van der Waals surface area contributed by atoms with E-state index in [2.05, 4.69) is 41.4 Å². The Morgan fingerprint density at radius 1 is 1.10 bits per heavy atom. The average Bonchev–Trinajstić information content (AvgIpc) is 2.75. The lowest BCUT2D eigenvalue weighted by Gasteiger charge is -2.38. The highest BCUT2D eigenvalue weighted by atomic mass is 16.5. The SMILES string of the molecule is CCC(=O)c1ccc(OCC(=O)N[C@@H]2CCN(Cc3ccccc3)[C@@H](C)C2)cc1. The van der Waals surface area contributed by atoms with Gasteiger partial charge in [-0.15, -0.1) is 0 Å². The first kappa shape index (κ1) is 21.1. The molecule has 1 saturated heterocycles. The Bertz CT molecular complexity index is 805. The zero-order chi connectivity index (χ0) is 20.6. The fraction of sp³-hybridized carbons (Fsp3) is 0.417. The maximum Gasteiger partial charge on any atom is 0.258 e. The number of amides is 1. The highest BCUT2D eigenvalue weighted by molar-refractivity contribution is 5.95. The molecule has 29 heavy (non-hydrogen) atoms. The van der Waals surface area contributed by atoms with Gasteiger partial charge in [0, 0.05) is 37.2 Å². The van der Waals surface area contributed by atoms with Crippen LogP contribution in [0.5, 0.6) is 5.75 Å². The van der Waals surface area contributed by atoms with Crippen molar-refractivity contribution in [2.24, 2.45) is 0 Å². The van der Waals surface area contributed by atoms with Crippen LogP contribution in [-0.4, -0.2) is 41.8 Å². The van der Waals surface area contributed by atoms with Gasteiger partial charge in [0.2, 0.25) is 0 Å². The fourth-order valence-corrected chi connectivity index (χ4v) is 3.76. The van der Waals surface area contributed by atoms with E-state index < -0.39 is 0 Å². The first-order chi connectivity index (χ1) is 14.0. The Kier molecular flexibility index (Phi) is 7.42. The number of Topliss-reactive ketones (excluding diaryl/α,β-unsaturated/α-hetero) is 1. The molecule has 0 aromatic heterocycles. The molecule has 5 heteroatoms. The number of likely N-dealkylation sites (tertiary alicyclic amines) is 1. The zero-order valence-corrected chi connectivity index (χ0v) is 17.3. The van der Waals surface area contributed by atoms with Crippen LogP contribution in [0.2, 0.25) is 0 Å². The number of rotatable bonds is 8. The van der Waals surface area contributed by atoms with E-state index in [1.807, 2.05) is 13.0 Å². The van der Waals surface area contributed by atoms with Gasteiger partial charge in [0.25, 0.3) is 5.91 Å². The molecule has 3 rings (SSSR count). The van der Waals surface area contributed by atoms with E-state index in [-0.39, 0.29) is 24.3 Å². The van der Waals surface area contributed by atoms with Crippen LogP contribution < -0.4 is 10.1 Å². The monoisotopic (exact) mass is 394 g/mol. The molecule has 0 unspecified atom stereocenters. The quantitative estimate of drug-likeness (QED) is 0.692. The third-order valence-corrected chi connectivity index (χ3v) is 5.47. The van der Waals surface area contributed by atoms with Crippen LogP contribution in [-0.2, 0) is 11.3 Å². The third kappa shape index (κ3) is 6.16. The molecule has 154 valence electrons.